The van der Waals surface area contributed by atoms with Gasteiger partial charge in [0.25, 0.3) is 0 Å². The summed E-state index contributed by atoms with van der Waals surface area (Å²) in [7, 11) is 1.58. The number of primary amides is 1. The number of carbonyl (C=O) groups excluding carboxylic acids is 2. The van der Waals surface area contributed by atoms with Crippen LogP contribution in [0.25, 0.3) is 0 Å². The highest BCUT2D eigenvalue weighted by Gasteiger charge is 2.18. The van der Waals surface area contributed by atoms with Gasteiger partial charge in [-0.3, -0.25) is 9.59 Å². The molecule has 132 valence electrons. The van der Waals surface area contributed by atoms with Crippen LogP contribution >= 0.6 is 0 Å². The molecule has 2 amide bonds. The fourth-order valence-corrected chi connectivity index (χ4v) is 2.29. The van der Waals surface area contributed by atoms with E-state index in [-0.39, 0.29) is 12.5 Å². The highest BCUT2D eigenvalue weighted by atomic mass is 16.5. The van der Waals surface area contributed by atoms with Gasteiger partial charge in [-0.05, 0) is 23.3 Å². The third-order valence-electron chi connectivity index (χ3n) is 3.62. The van der Waals surface area contributed by atoms with E-state index in [4.69, 9.17) is 15.2 Å². The van der Waals surface area contributed by atoms with Gasteiger partial charge in [0, 0.05) is 6.42 Å². The first-order chi connectivity index (χ1) is 12.1. The van der Waals surface area contributed by atoms with Crippen molar-refractivity contribution in [2.75, 3.05) is 13.7 Å². The summed E-state index contributed by atoms with van der Waals surface area (Å²) in [5.74, 6) is -0.252. The average Bonchev–Trinajstić information content (AvgIpc) is 2.62. The first-order valence-electron chi connectivity index (χ1n) is 7.91. The average molecular weight is 342 g/mol. The van der Waals surface area contributed by atoms with Gasteiger partial charge < -0.3 is 20.5 Å². The summed E-state index contributed by atoms with van der Waals surface area (Å²) in [5.41, 5.74) is 7.23. The molecule has 0 aliphatic carbocycles. The molecule has 2 aromatic carbocycles. The lowest BCUT2D eigenvalue weighted by molar-refractivity contribution is -0.130. The minimum Gasteiger partial charge on any atom is -0.497 e. The number of hydrogen-bond donors (Lipinski definition) is 2. The number of nitrogens with two attached hydrogens (primary N) is 1. The Bertz CT molecular complexity index is 686. The summed E-state index contributed by atoms with van der Waals surface area (Å²) in [6.45, 7) is 0.190. The molecule has 0 aliphatic rings. The van der Waals surface area contributed by atoms with Crippen LogP contribution in [-0.4, -0.2) is 31.6 Å². The Hall–Kier alpha value is -2.86. The molecule has 0 unspecified atom stereocenters. The maximum atomic E-state index is 12.0. The van der Waals surface area contributed by atoms with E-state index in [0.29, 0.717) is 13.0 Å². The van der Waals surface area contributed by atoms with Crippen LogP contribution in [0.1, 0.15) is 11.1 Å². The van der Waals surface area contributed by atoms with Crippen molar-refractivity contribution >= 4 is 11.8 Å². The minimum absolute atomic E-state index is 0.138. The van der Waals surface area contributed by atoms with Gasteiger partial charge in [0.1, 0.15) is 18.4 Å². The van der Waals surface area contributed by atoms with Crippen molar-refractivity contribution in [2.24, 2.45) is 5.73 Å². The quantitative estimate of drug-likeness (QED) is 0.721. The van der Waals surface area contributed by atoms with Crippen LogP contribution in [0.2, 0.25) is 0 Å². The molecule has 6 nitrogen and oxygen atoms in total. The lowest BCUT2D eigenvalue weighted by Gasteiger charge is -2.16. The van der Waals surface area contributed by atoms with Gasteiger partial charge in [0.05, 0.1) is 13.7 Å². The molecule has 0 spiro atoms. The Balaban J connectivity index is 1.83. The second-order valence-electron chi connectivity index (χ2n) is 5.55. The van der Waals surface area contributed by atoms with Gasteiger partial charge in [0.2, 0.25) is 11.8 Å². The predicted molar refractivity (Wildman–Crippen MR) is 93.9 cm³/mol. The van der Waals surface area contributed by atoms with Gasteiger partial charge in [-0.1, -0.05) is 42.5 Å². The number of rotatable bonds is 9. The van der Waals surface area contributed by atoms with Crippen LogP contribution in [0, 0.1) is 0 Å². The summed E-state index contributed by atoms with van der Waals surface area (Å²) < 4.78 is 10.5. The summed E-state index contributed by atoms with van der Waals surface area (Å²) in [4.78, 5) is 23.6. The molecule has 1 atom stereocenters. The van der Waals surface area contributed by atoms with E-state index in [1.54, 1.807) is 19.2 Å². The summed E-state index contributed by atoms with van der Waals surface area (Å²) >= 11 is 0. The molecule has 0 aromatic heterocycles. The molecule has 0 radical (unpaired) electrons. The van der Waals surface area contributed by atoms with E-state index in [1.165, 1.54) is 0 Å². The van der Waals surface area contributed by atoms with Gasteiger partial charge in [-0.2, -0.15) is 0 Å². The highest BCUT2D eigenvalue weighted by molar-refractivity contribution is 5.87. The Morgan fingerprint density at radius 1 is 1.04 bits per heavy atom. The van der Waals surface area contributed by atoms with E-state index < -0.39 is 11.9 Å². The van der Waals surface area contributed by atoms with Crippen LogP contribution < -0.4 is 15.8 Å². The molecule has 2 aromatic rings. The first-order valence-corrected chi connectivity index (χ1v) is 7.91. The lowest BCUT2D eigenvalue weighted by atomic mass is 10.1. The monoisotopic (exact) mass is 342 g/mol. The normalized spacial score (nSPS) is 11.6. The fourth-order valence-electron chi connectivity index (χ4n) is 2.29. The number of benzene rings is 2. The molecule has 2 rings (SSSR count). The topological polar surface area (TPSA) is 90.7 Å². The minimum atomic E-state index is -0.791. The van der Waals surface area contributed by atoms with E-state index in [0.717, 1.165) is 16.9 Å². The zero-order valence-electron chi connectivity index (χ0n) is 14.1. The van der Waals surface area contributed by atoms with E-state index in [1.807, 2.05) is 42.5 Å². The van der Waals surface area contributed by atoms with Crippen molar-refractivity contribution in [3.63, 3.8) is 0 Å². The maximum absolute atomic E-state index is 12.0. The molecule has 25 heavy (non-hydrogen) atoms. The van der Waals surface area contributed by atoms with Gasteiger partial charge in [0.15, 0.2) is 0 Å². The Morgan fingerprint density at radius 3 is 2.32 bits per heavy atom. The largest absolute Gasteiger partial charge is 0.497 e. The number of ether oxygens (including phenoxy) is 2. The van der Waals surface area contributed by atoms with Crippen molar-refractivity contribution in [2.45, 2.75) is 19.1 Å². The lowest BCUT2D eigenvalue weighted by Crippen LogP contribution is -2.47. The molecular formula is C19H22N2O4. The van der Waals surface area contributed by atoms with Crippen LogP contribution in [0.4, 0.5) is 0 Å². The molecule has 0 saturated heterocycles. The molecule has 0 saturated carbocycles. The standard InChI is InChI=1S/C19H22N2O4/c1-24-16-9-7-14(8-10-16)11-17(19(20)23)21-18(22)13-25-12-15-5-3-2-4-6-15/h2-10,17H,11-13H2,1H3,(H2,20,23)(H,21,22)/t17-/m1/s1. The van der Waals surface area contributed by atoms with Crippen molar-refractivity contribution in [1.82, 2.24) is 5.32 Å². The third kappa shape index (κ3) is 6.27. The number of methoxy groups -OCH3 is 1. The van der Waals surface area contributed by atoms with Gasteiger partial charge in [-0.15, -0.1) is 0 Å². The van der Waals surface area contributed by atoms with Crippen LogP contribution in [-0.2, 0) is 27.4 Å². The molecular weight excluding hydrogens is 320 g/mol. The number of nitrogens with one attached hydrogen (secondary N) is 1. The number of hydrogen-bond acceptors (Lipinski definition) is 4. The second kappa shape index (κ2) is 9.44. The summed E-state index contributed by atoms with van der Waals surface area (Å²) in [6.07, 6.45) is 0.309. The summed E-state index contributed by atoms with van der Waals surface area (Å²) in [6, 6.07) is 16.0. The van der Waals surface area contributed by atoms with Crippen molar-refractivity contribution < 1.29 is 19.1 Å². The molecule has 0 fully saturated rings. The zero-order chi connectivity index (χ0) is 18.1. The van der Waals surface area contributed by atoms with Crippen LogP contribution in [0.5, 0.6) is 5.75 Å². The Kier molecular flexibility index (Phi) is 6.98. The smallest absolute Gasteiger partial charge is 0.246 e. The van der Waals surface area contributed by atoms with Crippen molar-refractivity contribution in [3.05, 3.63) is 65.7 Å². The molecule has 0 aliphatic heterocycles. The SMILES string of the molecule is COc1ccc(C[C@@H](NC(=O)COCc2ccccc2)C(N)=O)cc1. The van der Waals surface area contributed by atoms with Gasteiger partial charge in [-0.25, -0.2) is 0 Å². The summed E-state index contributed by atoms with van der Waals surface area (Å²) in [5, 5.41) is 2.61. The Labute approximate surface area is 146 Å². The predicted octanol–water partition coefficient (Wildman–Crippen LogP) is 1.42. The zero-order valence-corrected chi connectivity index (χ0v) is 14.1. The molecule has 0 heterocycles. The van der Waals surface area contributed by atoms with Crippen molar-refractivity contribution in [1.29, 1.82) is 0 Å². The van der Waals surface area contributed by atoms with Crippen LogP contribution in [0.15, 0.2) is 54.6 Å². The first kappa shape index (κ1) is 18.5. The number of carbonyl (C=O) groups is 2. The molecule has 3 N–H and O–H groups in total. The van der Waals surface area contributed by atoms with E-state index in [2.05, 4.69) is 5.32 Å². The van der Waals surface area contributed by atoms with E-state index >= 15 is 0 Å². The van der Waals surface area contributed by atoms with Gasteiger partial charge >= 0.3 is 0 Å². The Morgan fingerprint density at radius 2 is 1.72 bits per heavy atom. The highest BCUT2D eigenvalue weighted by Crippen LogP contribution is 2.12. The van der Waals surface area contributed by atoms with Crippen LogP contribution in [0.3, 0.4) is 0 Å². The maximum Gasteiger partial charge on any atom is 0.246 e. The van der Waals surface area contributed by atoms with Crippen molar-refractivity contribution in [3.8, 4) is 5.75 Å². The fraction of sp³-hybridized carbons (Fsp3) is 0.263. The third-order valence-corrected chi connectivity index (χ3v) is 3.62. The number of amides is 2. The molecule has 0 bridgehead atoms. The van der Waals surface area contributed by atoms with E-state index in [9.17, 15) is 9.59 Å². The molecule has 6 heteroatoms. The second-order valence-corrected chi connectivity index (χ2v) is 5.55.